The van der Waals surface area contributed by atoms with E-state index in [1.54, 1.807) is 0 Å². The first-order valence-corrected chi connectivity index (χ1v) is 7.80. The van der Waals surface area contributed by atoms with Gasteiger partial charge in [0.15, 0.2) is 0 Å². The number of allylic oxidation sites excluding steroid dienone is 8. The van der Waals surface area contributed by atoms with Crippen LogP contribution in [-0.2, 0) is 0 Å². The molecule has 1 saturated carbocycles. The maximum atomic E-state index is 2.43. The Balaban J connectivity index is 2.07. The minimum Gasteiger partial charge on any atom is -0.0617 e. The fourth-order valence-electron chi connectivity index (χ4n) is 3.17. The van der Waals surface area contributed by atoms with Gasteiger partial charge in [0.25, 0.3) is 0 Å². The molecule has 0 radical (unpaired) electrons. The molecule has 0 bridgehead atoms. The van der Waals surface area contributed by atoms with Crippen molar-refractivity contribution >= 4 is 0 Å². The average molecular weight is 256 g/mol. The Labute approximate surface area is 119 Å². The lowest BCUT2D eigenvalue weighted by Gasteiger charge is -2.31. The van der Waals surface area contributed by atoms with E-state index in [0.717, 1.165) is 5.92 Å². The molecule has 0 aromatic rings. The molecule has 0 spiro atoms. The van der Waals surface area contributed by atoms with Gasteiger partial charge < -0.3 is 0 Å². The van der Waals surface area contributed by atoms with Crippen LogP contribution in [0.1, 0.15) is 59.3 Å². The SMILES string of the molecule is CC1=CC=CC(C2CCCCC(C)(C)CC2)=CC=C1. The molecule has 19 heavy (non-hydrogen) atoms. The molecule has 0 aromatic heterocycles. The normalized spacial score (nSPS) is 27.6. The minimum atomic E-state index is 0.539. The van der Waals surface area contributed by atoms with Crippen LogP contribution in [0.25, 0.3) is 0 Å². The molecule has 104 valence electrons. The molecule has 0 saturated heterocycles. The quantitative estimate of drug-likeness (QED) is 0.541. The van der Waals surface area contributed by atoms with Gasteiger partial charge in [-0.3, -0.25) is 0 Å². The summed E-state index contributed by atoms with van der Waals surface area (Å²) < 4.78 is 0. The van der Waals surface area contributed by atoms with Gasteiger partial charge in [0.05, 0.1) is 0 Å². The van der Waals surface area contributed by atoms with Crippen LogP contribution >= 0.6 is 0 Å². The first kappa shape index (κ1) is 14.4. The lowest BCUT2D eigenvalue weighted by atomic mass is 9.75. The van der Waals surface area contributed by atoms with Crippen LogP contribution < -0.4 is 0 Å². The lowest BCUT2D eigenvalue weighted by Crippen LogP contribution is -2.17. The summed E-state index contributed by atoms with van der Waals surface area (Å²) >= 11 is 0. The largest absolute Gasteiger partial charge is 0.0617 e. The van der Waals surface area contributed by atoms with E-state index in [1.165, 1.54) is 49.7 Å². The molecule has 0 aromatic carbocycles. The van der Waals surface area contributed by atoms with Crippen molar-refractivity contribution in [1.29, 1.82) is 0 Å². The number of rotatable bonds is 1. The van der Waals surface area contributed by atoms with Gasteiger partial charge in [0, 0.05) is 0 Å². The van der Waals surface area contributed by atoms with Crippen molar-refractivity contribution in [1.82, 2.24) is 0 Å². The smallest absolute Gasteiger partial charge is 0.0162 e. The molecular weight excluding hydrogens is 228 g/mol. The molecule has 1 fully saturated rings. The van der Waals surface area contributed by atoms with Gasteiger partial charge in [-0.25, -0.2) is 0 Å². The van der Waals surface area contributed by atoms with Gasteiger partial charge in [-0.2, -0.15) is 0 Å². The standard InChI is InChI=1S/C19H28/c1-16-8-6-11-17(12-7-9-16)18-10-4-5-14-19(2,3)15-13-18/h6-9,11-12,18H,4-5,10,13-15H2,1-3H3. The zero-order valence-corrected chi connectivity index (χ0v) is 12.8. The molecule has 0 heterocycles. The Bertz CT molecular complexity index is 415. The topological polar surface area (TPSA) is 0 Å². The highest BCUT2D eigenvalue weighted by atomic mass is 14.3. The number of hydrogen-bond donors (Lipinski definition) is 0. The maximum Gasteiger partial charge on any atom is -0.0162 e. The monoisotopic (exact) mass is 256 g/mol. The highest BCUT2D eigenvalue weighted by Crippen LogP contribution is 2.37. The molecule has 2 rings (SSSR count). The van der Waals surface area contributed by atoms with Gasteiger partial charge in [-0.05, 0) is 49.5 Å². The summed E-state index contributed by atoms with van der Waals surface area (Å²) in [6.45, 7) is 7.02. The van der Waals surface area contributed by atoms with E-state index in [-0.39, 0.29) is 0 Å². The second-order valence-electron chi connectivity index (χ2n) is 6.94. The molecule has 0 nitrogen and oxygen atoms in total. The average Bonchev–Trinajstić information content (AvgIpc) is 2.31. The van der Waals surface area contributed by atoms with E-state index >= 15 is 0 Å². The van der Waals surface area contributed by atoms with Crippen LogP contribution in [0.15, 0.2) is 47.6 Å². The van der Waals surface area contributed by atoms with E-state index in [0.29, 0.717) is 5.41 Å². The van der Waals surface area contributed by atoms with Crippen LogP contribution in [0, 0.1) is 11.3 Å². The Hall–Kier alpha value is -1.04. The van der Waals surface area contributed by atoms with Gasteiger partial charge in [-0.15, -0.1) is 0 Å². The molecule has 2 aliphatic carbocycles. The van der Waals surface area contributed by atoms with Gasteiger partial charge in [0.1, 0.15) is 0 Å². The molecule has 2 aliphatic rings. The first-order chi connectivity index (χ1) is 9.07. The molecular formula is C19H28. The van der Waals surface area contributed by atoms with E-state index < -0.39 is 0 Å². The zero-order chi connectivity index (χ0) is 13.7. The molecule has 1 atom stereocenters. The third-order valence-corrected chi connectivity index (χ3v) is 4.59. The summed E-state index contributed by atoms with van der Waals surface area (Å²) in [4.78, 5) is 0. The summed E-state index contributed by atoms with van der Waals surface area (Å²) in [6, 6.07) is 0. The van der Waals surface area contributed by atoms with Crippen molar-refractivity contribution in [3.63, 3.8) is 0 Å². The van der Waals surface area contributed by atoms with E-state index in [4.69, 9.17) is 0 Å². The van der Waals surface area contributed by atoms with E-state index in [2.05, 4.69) is 57.2 Å². The van der Waals surface area contributed by atoms with Crippen molar-refractivity contribution in [3.05, 3.63) is 47.6 Å². The molecule has 1 unspecified atom stereocenters. The molecule has 0 heteroatoms. The molecule has 0 amide bonds. The minimum absolute atomic E-state index is 0.539. The third-order valence-electron chi connectivity index (χ3n) is 4.59. The Morgan fingerprint density at radius 2 is 1.74 bits per heavy atom. The zero-order valence-electron chi connectivity index (χ0n) is 12.8. The summed E-state index contributed by atoms with van der Waals surface area (Å²) in [7, 11) is 0. The van der Waals surface area contributed by atoms with E-state index in [1.807, 2.05) is 0 Å². The fraction of sp³-hybridized carbons (Fsp3) is 0.579. The van der Waals surface area contributed by atoms with Crippen LogP contribution in [0.5, 0.6) is 0 Å². The van der Waals surface area contributed by atoms with Gasteiger partial charge in [0.2, 0.25) is 0 Å². The highest BCUT2D eigenvalue weighted by molar-refractivity contribution is 5.35. The maximum absolute atomic E-state index is 2.43. The summed E-state index contributed by atoms with van der Waals surface area (Å²) in [5.74, 6) is 0.757. The first-order valence-electron chi connectivity index (χ1n) is 7.80. The van der Waals surface area contributed by atoms with Gasteiger partial charge >= 0.3 is 0 Å². The van der Waals surface area contributed by atoms with Gasteiger partial charge in [-0.1, -0.05) is 68.7 Å². The highest BCUT2D eigenvalue weighted by Gasteiger charge is 2.23. The molecule has 0 N–H and O–H groups in total. The van der Waals surface area contributed by atoms with Crippen molar-refractivity contribution in [2.24, 2.45) is 11.3 Å². The Kier molecular flexibility index (Phi) is 4.85. The molecule has 0 aliphatic heterocycles. The second-order valence-corrected chi connectivity index (χ2v) is 6.94. The van der Waals surface area contributed by atoms with Crippen LogP contribution in [0.2, 0.25) is 0 Å². The van der Waals surface area contributed by atoms with Crippen molar-refractivity contribution < 1.29 is 0 Å². The Morgan fingerprint density at radius 1 is 0.947 bits per heavy atom. The van der Waals surface area contributed by atoms with E-state index in [9.17, 15) is 0 Å². The predicted octanol–water partition coefficient (Wildman–Crippen LogP) is 5.98. The lowest BCUT2D eigenvalue weighted by molar-refractivity contribution is 0.244. The van der Waals surface area contributed by atoms with Crippen LogP contribution in [0.3, 0.4) is 0 Å². The Morgan fingerprint density at radius 3 is 2.58 bits per heavy atom. The number of hydrogen-bond acceptors (Lipinski definition) is 0. The third kappa shape index (κ3) is 4.53. The predicted molar refractivity (Wildman–Crippen MR) is 85.1 cm³/mol. The summed E-state index contributed by atoms with van der Waals surface area (Å²) in [6.07, 6.45) is 21.8. The fourth-order valence-corrected chi connectivity index (χ4v) is 3.17. The van der Waals surface area contributed by atoms with Crippen LogP contribution in [-0.4, -0.2) is 0 Å². The van der Waals surface area contributed by atoms with Crippen LogP contribution in [0.4, 0.5) is 0 Å². The second kappa shape index (κ2) is 6.41. The summed E-state index contributed by atoms with van der Waals surface area (Å²) in [5.41, 5.74) is 3.39. The summed E-state index contributed by atoms with van der Waals surface area (Å²) in [5, 5.41) is 0. The van der Waals surface area contributed by atoms with Crippen molar-refractivity contribution in [2.75, 3.05) is 0 Å². The van der Waals surface area contributed by atoms with Crippen molar-refractivity contribution in [3.8, 4) is 0 Å². The van der Waals surface area contributed by atoms with Crippen molar-refractivity contribution in [2.45, 2.75) is 59.3 Å².